The molecule has 6 nitrogen and oxygen atoms in total. The van der Waals surface area contributed by atoms with Gasteiger partial charge < -0.3 is 10.0 Å². The summed E-state index contributed by atoms with van der Waals surface area (Å²) in [5.41, 5.74) is 0. The second-order valence-electron chi connectivity index (χ2n) is 0.339. The van der Waals surface area contributed by atoms with Gasteiger partial charge in [-0.3, -0.25) is 0 Å². The molecule has 0 spiro atoms. The zero-order valence-corrected chi connectivity index (χ0v) is 3.57. The minimum absolute atomic E-state index is 1.20. The molecule has 0 bridgehead atoms. The van der Waals surface area contributed by atoms with E-state index in [9.17, 15) is 0 Å². The van der Waals surface area contributed by atoms with Gasteiger partial charge in [0.15, 0.2) is 10.7 Å². The topological polar surface area (TPSA) is 88.3 Å². The fraction of sp³-hybridized carbons (Fsp3) is 1.00. The first-order valence-electron chi connectivity index (χ1n) is 1.16. The minimum Gasteiger partial charge on any atom is -0.379 e. The molecule has 0 atom stereocenters. The van der Waals surface area contributed by atoms with Crippen LogP contribution in [0.4, 0.5) is 0 Å². The van der Waals surface area contributed by atoms with Crippen molar-refractivity contribution in [2.24, 2.45) is 10.7 Å². The molecule has 7 heavy (non-hydrogen) atoms. The van der Waals surface area contributed by atoms with Crippen LogP contribution >= 0.6 is 0 Å². The quantitative estimate of drug-likeness (QED) is 0.390. The Balaban J connectivity index is 0. The molecule has 1 N–H and O–H groups in total. The van der Waals surface area contributed by atoms with E-state index in [-0.39, 0.29) is 0 Å². The van der Waals surface area contributed by atoms with Crippen LogP contribution < -0.4 is 0 Å². The van der Waals surface area contributed by atoms with Crippen molar-refractivity contribution in [3.05, 3.63) is 9.81 Å². The Morgan fingerprint density at radius 3 is 1.71 bits per heavy atom. The van der Waals surface area contributed by atoms with E-state index in [2.05, 4.69) is 4.84 Å². The first-order valence-corrected chi connectivity index (χ1v) is 1.16. The maximum absolute atomic E-state index is 8.70. The average Bonchev–Trinajstić information content (AvgIpc) is 1.69. The molecule has 0 aromatic rings. The van der Waals surface area contributed by atoms with Crippen LogP contribution in [0.2, 0.25) is 0 Å². The lowest BCUT2D eigenvalue weighted by Gasteiger charge is -1.63. The van der Waals surface area contributed by atoms with E-state index in [1.165, 1.54) is 12.4 Å². The van der Waals surface area contributed by atoms with Gasteiger partial charge in [-0.05, 0) is 0 Å². The van der Waals surface area contributed by atoms with Crippen LogP contribution in [-0.4, -0.2) is 12.3 Å². The van der Waals surface area contributed by atoms with Gasteiger partial charge in [0.1, 0.15) is 7.11 Å². The maximum Gasteiger partial charge on any atom is 0.154 e. The number of hydrogen-bond acceptors (Lipinski definition) is 5. The van der Waals surface area contributed by atoms with Crippen molar-refractivity contribution in [3.63, 3.8) is 0 Å². The van der Waals surface area contributed by atoms with Crippen molar-refractivity contribution >= 4 is 0 Å². The molecular weight excluding hydrogens is 104 g/mol. The van der Waals surface area contributed by atoms with Crippen LogP contribution in [0.5, 0.6) is 0 Å². The second kappa shape index (κ2) is 21.4. The highest BCUT2D eigenvalue weighted by molar-refractivity contribution is 3.90. The van der Waals surface area contributed by atoms with Crippen molar-refractivity contribution in [1.29, 1.82) is 0 Å². The standard InChI is InChI=1S/CH3NO2.HNO2/c1-4-2-3;2-1-3/h1H3;(H,2,3). The van der Waals surface area contributed by atoms with E-state index in [1.807, 2.05) is 5.34 Å². The molecule has 0 aliphatic rings. The Labute approximate surface area is 39.0 Å². The summed E-state index contributed by atoms with van der Waals surface area (Å²) in [4.78, 5) is 20.4. The molecule has 0 fully saturated rings. The molecule has 0 aromatic heterocycles. The summed E-state index contributed by atoms with van der Waals surface area (Å²) in [6.07, 6.45) is 0. The van der Waals surface area contributed by atoms with Gasteiger partial charge in [0.05, 0.1) is 0 Å². The SMILES string of the molecule is CON=O.O=NO. The van der Waals surface area contributed by atoms with Gasteiger partial charge in [0.2, 0.25) is 0 Å². The second-order valence-corrected chi connectivity index (χ2v) is 0.339. The molecule has 0 radical (unpaired) electrons. The number of nitrogens with zero attached hydrogens (tertiary/aromatic N) is 2. The van der Waals surface area contributed by atoms with Crippen LogP contribution in [0.15, 0.2) is 10.7 Å². The molecule has 0 saturated heterocycles. The van der Waals surface area contributed by atoms with Crippen molar-refractivity contribution in [1.82, 2.24) is 0 Å². The highest BCUT2D eigenvalue weighted by Gasteiger charge is 1.44. The molecule has 6 heteroatoms. The van der Waals surface area contributed by atoms with Gasteiger partial charge >= 0.3 is 0 Å². The summed E-state index contributed by atoms with van der Waals surface area (Å²) in [7, 11) is 1.20. The Bertz CT molecular complexity index is 45.0. The summed E-state index contributed by atoms with van der Waals surface area (Å²) in [6.45, 7) is 0. The zero-order chi connectivity index (χ0) is 6.12. The van der Waals surface area contributed by atoms with Crippen LogP contribution in [0, 0.1) is 9.81 Å². The lowest BCUT2D eigenvalue weighted by molar-refractivity contribution is 0.208. The van der Waals surface area contributed by atoms with Crippen molar-refractivity contribution in [2.75, 3.05) is 7.11 Å². The third-order valence-electron chi connectivity index (χ3n) is 0.0745. The summed E-state index contributed by atoms with van der Waals surface area (Å²) in [6, 6.07) is 0. The monoisotopic (exact) mass is 108 g/mol. The Morgan fingerprint density at radius 2 is 1.71 bits per heavy atom. The smallest absolute Gasteiger partial charge is 0.154 e. The van der Waals surface area contributed by atoms with Gasteiger partial charge in [-0.25, -0.2) is 0 Å². The summed E-state index contributed by atoms with van der Waals surface area (Å²) < 4.78 is 0. The predicted octanol–water partition coefficient (Wildman–Crippen LogP) is 0.456. The average molecular weight is 108 g/mol. The van der Waals surface area contributed by atoms with Crippen LogP contribution in [0.1, 0.15) is 0 Å². The Morgan fingerprint density at radius 1 is 1.57 bits per heavy atom. The van der Waals surface area contributed by atoms with Crippen molar-refractivity contribution in [2.45, 2.75) is 0 Å². The van der Waals surface area contributed by atoms with Crippen LogP contribution in [-0.2, 0) is 4.84 Å². The Hall–Kier alpha value is -1.20. The molecule has 0 heterocycles. The van der Waals surface area contributed by atoms with Crippen molar-refractivity contribution < 1.29 is 10.0 Å². The summed E-state index contributed by atoms with van der Waals surface area (Å²) in [5, 5.41) is 9.88. The molecule has 0 rings (SSSR count). The van der Waals surface area contributed by atoms with Gasteiger partial charge in [-0.1, -0.05) is 0 Å². The fourth-order valence-corrected chi connectivity index (χ4v) is 0. The lowest BCUT2D eigenvalue weighted by atomic mass is 11.7. The highest BCUT2D eigenvalue weighted by atomic mass is 16.7. The fourth-order valence-electron chi connectivity index (χ4n) is 0. The maximum atomic E-state index is 8.70. The highest BCUT2D eigenvalue weighted by Crippen LogP contribution is 1.52. The molecule has 0 aliphatic carbocycles. The first kappa shape index (κ1) is 9.25. The minimum atomic E-state index is 1.20. The van der Waals surface area contributed by atoms with Gasteiger partial charge in [0, 0.05) is 0 Å². The summed E-state index contributed by atoms with van der Waals surface area (Å²) in [5.74, 6) is 0. The molecule has 0 amide bonds. The van der Waals surface area contributed by atoms with E-state index in [0.29, 0.717) is 0 Å². The predicted molar refractivity (Wildman–Crippen MR) is 20.4 cm³/mol. The van der Waals surface area contributed by atoms with E-state index in [0.717, 1.165) is 0 Å². The molecular formula is CH4N2O4. The van der Waals surface area contributed by atoms with E-state index in [1.54, 1.807) is 0 Å². The number of rotatable bonds is 1. The van der Waals surface area contributed by atoms with E-state index >= 15 is 0 Å². The lowest BCUT2D eigenvalue weighted by Crippen LogP contribution is -1.53. The van der Waals surface area contributed by atoms with E-state index < -0.39 is 0 Å². The number of hydrogen-bond donors (Lipinski definition) is 1. The third-order valence-corrected chi connectivity index (χ3v) is 0.0745. The largest absolute Gasteiger partial charge is 0.379 e. The Kier molecular flexibility index (Phi) is 28.3. The molecule has 0 saturated carbocycles. The zero-order valence-electron chi connectivity index (χ0n) is 3.57. The summed E-state index contributed by atoms with van der Waals surface area (Å²) >= 11 is 0. The van der Waals surface area contributed by atoms with E-state index in [4.69, 9.17) is 15.0 Å². The van der Waals surface area contributed by atoms with Gasteiger partial charge in [-0.2, -0.15) is 0 Å². The van der Waals surface area contributed by atoms with Gasteiger partial charge in [-0.15, -0.1) is 9.81 Å². The van der Waals surface area contributed by atoms with Crippen molar-refractivity contribution in [3.8, 4) is 0 Å². The molecule has 0 aromatic carbocycles. The van der Waals surface area contributed by atoms with Crippen LogP contribution in [0.3, 0.4) is 0 Å². The first-order chi connectivity index (χ1) is 3.33. The van der Waals surface area contributed by atoms with Crippen LogP contribution in [0.25, 0.3) is 0 Å². The van der Waals surface area contributed by atoms with Gasteiger partial charge in [0.25, 0.3) is 0 Å². The molecule has 42 valence electrons. The normalized spacial score (nSPS) is 4.71. The molecule has 0 aliphatic heterocycles. The third kappa shape index (κ3) is 941. The molecule has 0 unspecified atom stereocenters.